The number of likely N-dealkylation sites (tertiary alicyclic amines) is 1. The zero-order chi connectivity index (χ0) is 21.6. The molecule has 6 nitrogen and oxygen atoms in total. The lowest BCUT2D eigenvalue weighted by Crippen LogP contribution is -2.38. The average molecular weight is 450 g/mol. The van der Waals surface area contributed by atoms with Gasteiger partial charge in [-0.15, -0.1) is 0 Å². The minimum absolute atomic E-state index is 0.0348. The molecule has 2 aromatic rings. The Bertz CT molecular complexity index is 935. The molecule has 0 aliphatic carbocycles. The van der Waals surface area contributed by atoms with Crippen molar-refractivity contribution in [2.75, 3.05) is 25.0 Å². The lowest BCUT2D eigenvalue weighted by atomic mass is 10.1. The van der Waals surface area contributed by atoms with Gasteiger partial charge in [0.1, 0.15) is 0 Å². The fraction of sp³-hybridized carbons (Fsp3) is 0.500. The molecule has 1 aliphatic rings. The van der Waals surface area contributed by atoms with Gasteiger partial charge in [-0.25, -0.2) is 13.1 Å². The third-order valence-corrected chi connectivity index (χ3v) is 7.83. The maximum absolute atomic E-state index is 13.1. The van der Waals surface area contributed by atoms with Crippen LogP contribution in [0.3, 0.4) is 0 Å². The fourth-order valence-corrected chi connectivity index (χ4v) is 5.84. The van der Waals surface area contributed by atoms with Gasteiger partial charge in [-0.2, -0.15) is 11.3 Å². The Morgan fingerprint density at radius 2 is 1.90 bits per heavy atom. The van der Waals surface area contributed by atoms with Crippen molar-refractivity contribution in [3.8, 4) is 0 Å². The van der Waals surface area contributed by atoms with Gasteiger partial charge in [0.15, 0.2) is 0 Å². The number of rotatable bonds is 8. The van der Waals surface area contributed by atoms with Gasteiger partial charge in [-0.3, -0.25) is 9.69 Å². The van der Waals surface area contributed by atoms with E-state index in [1.54, 1.807) is 43.4 Å². The zero-order valence-electron chi connectivity index (χ0n) is 17.7. The van der Waals surface area contributed by atoms with Crippen LogP contribution in [0.15, 0.2) is 39.9 Å². The molecule has 164 valence electrons. The summed E-state index contributed by atoms with van der Waals surface area (Å²) in [6.45, 7) is 5.85. The van der Waals surface area contributed by atoms with Crippen LogP contribution in [0.1, 0.15) is 56.2 Å². The highest BCUT2D eigenvalue weighted by Gasteiger charge is 2.25. The summed E-state index contributed by atoms with van der Waals surface area (Å²) in [5.41, 5.74) is 2.39. The summed E-state index contributed by atoms with van der Waals surface area (Å²) in [4.78, 5) is 14.3. The molecule has 1 saturated heterocycles. The second kappa shape index (κ2) is 10.5. The molecule has 0 radical (unpaired) electrons. The van der Waals surface area contributed by atoms with Crippen LogP contribution in [0.5, 0.6) is 0 Å². The number of hydrogen-bond acceptors (Lipinski definition) is 5. The van der Waals surface area contributed by atoms with E-state index in [4.69, 9.17) is 0 Å². The molecule has 1 fully saturated rings. The molecule has 1 unspecified atom stereocenters. The molecule has 2 heterocycles. The predicted octanol–water partition coefficient (Wildman–Crippen LogP) is 4.30. The number of thiophene rings is 1. The summed E-state index contributed by atoms with van der Waals surface area (Å²) in [6, 6.07) is 7.03. The minimum atomic E-state index is -3.66. The van der Waals surface area contributed by atoms with Crippen LogP contribution in [-0.2, 0) is 14.8 Å². The molecule has 0 spiro atoms. The van der Waals surface area contributed by atoms with E-state index in [1.807, 2.05) is 5.38 Å². The molecule has 1 amide bonds. The Balaban J connectivity index is 1.75. The SMILES string of the molecule is CCC(=O)Nc1ccc(S(=O)(=O)NCC(c2ccsc2)N2CCCCCC2)c(C)c1. The summed E-state index contributed by atoms with van der Waals surface area (Å²) in [5.74, 6) is -0.0980. The fourth-order valence-electron chi connectivity index (χ4n) is 3.87. The molecule has 8 heteroatoms. The van der Waals surface area contributed by atoms with E-state index in [1.165, 1.54) is 18.4 Å². The molecule has 1 aromatic heterocycles. The number of carbonyl (C=O) groups excluding carboxylic acids is 1. The Morgan fingerprint density at radius 3 is 2.50 bits per heavy atom. The molecule has 30 heavy (non-hydrogen) atoms. The number of hydrogen-bond donors (Lipinski definition) is 2. The normalized spacial score (nSPS) is 16.7. The third-order valence-electron chi connectivity index (χ3n) is 5.55. The van der Waals surface area contributed by atoms with Crippen LogP contribution >= 0.6 is 11.3 Å². The first-order valence-corrected chi connectivity index (χ1v) is 13.0. The Kier molecular flexibility index (Phi) is 8.05. The van der Waals surface area contributed by atoms with Gasteiger partial charge < -0.3 is 5.32 Å². The number of amides is 1. The van der Waals surface area contributed by atoms with Crippen LogP contribution < -0.4 is 10.0 Å². The first-order valence-electron chi connectivity index (χ1n) is 10.6. The Morgan fingerprint density at radius 1 is 1.17 bits per heavy atom. The lowest BCUT2D eigenvalue weighted by Gasteiger charge is -2.30. The average Bonchev–Trinajstić information content (AvgIpc) is 3.10. The molecular weight excluding hydrogens is 418 g/mol. The van der Waals surface area contributed by atoms with E-state index in [-0.39, 0.29) is 16.8 Å². The molecule has 2 N–H and O–H groups in total. The second-order valence-corrected chi connectivity index (χ2v) is 10.3. The van der Waals surface area contributed by atoms with Crippen molar-refractivity contribution in [1.29, 1.82) is 0 Å². The summed E-state index contributed by atoms with van der Waals surface area (Å²) < 4.78 is 28.9. The largest absolute Gasteiger partial charge is 0.326 e. The van der Waals surface area contributed by atoms with Gasteiger partial charge in [-0.05, 0) is 79.0 Å². The van der Waals surface area contributed by atoms with E-state index in [9.17, 15) is 13.2 Å². The topological polar surface area (TPSA) is 78.5 Å². The number of nitrogens with one attached hydrogen (secondary N) is 2. The number of nitrogens with zero attached hydrogens (tertiary/aromatic N) is 1. The van der Waals surface area contributed by atoms with E-state index < -0.39 is 10.0 Å². The first kappa shape index (κ1) is 22.9. The van der Waals surface area contributed by atoms with Crippen molar-refractivity contribution < 1.29 is 13.2 Å². The maximum Gasteiger partial charge on any atom is 0.240 e. The Hall–Kier alpha value is -1.74. The maximum atomic E-state index is 13.1. The Labute approximate surface area is 183 Å². The molecule has 0 saturated carbocycles. The van der Waals surface area contributed by atoms with Crippen molar-refractivity contribution in [3.63, 3.8) is 0 Å². The van der Waals surface area contributed by atoms with Gasteiger partial charge in [0, 0.05) is 24.7 Å². The van der Waals surface area contributed by atoms with Gasteiger partial charge in [0.2, 0.25) is 15.9 Å². The van der Waals surface area contributed by atoms with Crippen LogP contribution in [-0.4, -0.2) is 38.9 Å². The van der Waals surface area contributed by atoms with Crippen LogP contribution in [0.2, 0.25) is 0 Å². The van der Waals surface area contributed by atoms with Crippen LogP contribution in [0.25, 0.3) is 0 Å². The number of sulfonamides is 1. The molecule has 0 bridgehead atoms. The van der Waals surface area contributed by atoms with E-state index >= 15 is 0 Å². The monoisotopic (exact) mass is 449 g/mol. The van der Waals surface area contributed by atoms with Crippen LogP contribution in [0.4, 0.5) is 5.69 Å². The molecular formula is C22H31N3O3S2. The minimum Gasteiger partial charge on any atom is -0.326 e. The van der Waals surface area contributed by atoms with Gasteiger partial charge in [0.05, 0.1) is 4.90 Å². The third kappa shape index (κ3) is 5.91. The molecule has 1 aliphatic heterocycles. The van der Waals surface area contributed by atoms with Crippen molar-refractivity contribution in [2.24, 2.45) is 0 Å². The van der Waals surface area contributed by atoms with Crippen molar-refractivity contribution in [3.05, 3.63) is 46.2 Å². The van der Waals surface area contributed by atoms with Crippen molar-refractivity contribution in [2.45, 2.75) is 56.9 Å². The summed E-state index contributed by atoms with van der Waals surface area (Å²) >= 11 is 1.64. The second-order valence-electron chi connectivity index (χ2n) is 7.76. The summed E-state index contributed by atoms with van der Waals surface area (Å²) in [6.07, 6.45) is 5.15. The molecule has 1 atom stereocenters. The molecule has 1 aromatic carbocycles. The first-order chi connectivity index (χ1) is 14.4. The number of benzene rings is 1. The quantitative estimate of drug-likeness (QED) is 0.630. The van der Waals surface area contributed by atoms with E-state index in [0.717, 1.165) is 25.9 Å². The highest BCUT2D eigenvalue weighted by molar-refractivity contribution is 7.89. The number of aryl methyl sites for hydroxylation is 1. The van der Waals surface area contributed by atoms with Gasteiger partial charge >= 0.3 is 0 Å². The summed E-state index contributed by atoms with van der Waals surface area (Å²) in [7, 11) is -3.66. The van der Waals surface area contributed by atoms with Crippen molar-refractivity contribution in [1.82, 2.24) is 9.62 Å². The van der Waals surface area contributed by atoms with E-state index in [2.05, 4.69) is 26.4 Å². The van der Waals surface area contributed by atoms with Gasteiger partial charge in [0.25, 0.3) is 0 Å². The molecule has 3 rings (SSSR count). The predicted molar refractivity (Wildman–Crippen MR) is 122 cm³/mol. The van der Waals surface area contributed by atoms with Crippen molar-refractivity contribution >= 4 is 33.0 Å². The highest BCUT2D eigenvalue weighted by Crippen LogP contribution is 2.27. The summed E-state index contributed by atoms with van der Waals surface area (Å²) in [5, 5.41) is 6.92. The van der Waals surface area contributed by atoms with E-state index in [0.29, 0.717) is 24.2 Å². The zero-order valence-corrected chi connectivity index (χ0v) is 19.3. The highest BCUT2D eigenvalue weighted by atomic mass is 32.2. The standard InChI is InChI=1S/C22H31N3O3S2/c1-3-22(26)24-19-8-9-21(17(2)14-19)30(27,28)23-15-20(18-10-13-29-16-18)25-11-6-4-5-7-12-25/h8-10,13-14,16,20,23H,3-7,11-12,15H2,1-2H3,(H,24,26). The number of anilines is 1. The number of carbonyl (C=O) groups is 1. The smallest absolute Gasteiger partial charge is 0.240 e. The lowest BCUT2D eigenvalue weighted by molar-refractivity contribution is -0.115. The van der Waals surface area contributed by atoms with Gasteiger partial charge in [-0.1, -0.05) is 19.8 Å². The van der Waals surface area contributed by atoms with Crippen LogP contribution in [0, 0.1) is 6.92 Å².